The summed E-state index contributed by atoms with van der Waals surface area (Å²) in [4.78, 5) is 11.3. The standard InChI is InChI=1S/C16H30O4/c1-8-10-13(17)16(6,7)19-11-12(3)15(4,5)20-14(18)9-2/h9,12-13,17H,2,8,10-11H2,1,3-7H3. The molecular formula is C16H30O4. The number of esters is 1. The van der Waals surface area contributed by atoms with Gasteiger partial charge in [0.25, 0.3) is 0 Å². The third-order valence-corrected chi connectivity index (χ3v) is 3.79. The Bertz CT molecular complexity index is 320. The Labute approximate surface area is 123 Å². The maximum Gasteiger partial charge on any atom is 0.330 e. The van der Waals surface area contributed by atoms with Gasteiger partial charge in [0.1, 0.15) is 5.60 Å². The number of carbonyl (C=O) groups excluding carboxylic acids is 1. The first-order chi connectivity index (χ1) is 9.06. The Hall–Kier alpha value is -0.870. The summed E-state index contributed by atoms with van der Waals surface area (Å²) in [7, 11) is 0. The summed E-state index contributed by atoms with van der Waals surface area (Å²) in [6.45, 7) is 15.2. The second-order valence-electron chi connectivity index (χ2n) is 6.35. The van der Waals surface area contributed by atoms with Crippen LogP contribution in [0.15, 0.2) is 12.7 Å². The van der Waals surface area contributed by atoms with Crippen molar-refractivity contribution in [2.75, 3.05) is 6.61 Å². The smallest absolute Gasteiger partial charge is 0.330 e. The molecule has 0 spiro atoms. The van der Waals surface area contributed by atoms with Crippen LogP contribution in [0.5, 0.6) is 0 Å². The van der Waals surface area contributed by atoms with Gasteiger partial charge in [-0.1, -0.05) is 26.8 Å². The van der Waals surface area contributed by atoms with E-state index in [-0.39, 0.29) is 5.92 Å². The van der Waals surface area contributed by atoms with Crippen LogP contribution in [0.2, 0.25) is 0 Å². The van der Waals surface area contributed by atoms with E-state index in [0.29, 0.717) is 13.0 Å². The zero-order valence-corrected chi connectivity index (χ0v) is 13.7. The van der Waals surface area contributed by atoms with Gasteiger partial charge < -0.3 is 14.6 Å². The zero-order valence-electron chi connectivity index (χ0n) is 13.7. The van der Waals surface area contributed by atoms with Gasteiger partial charge in [-0.15, -0.1) is 0 Å². The molecule has 4 heteroatoms. The first kappa shape index (κ1) is 19.1. The topological polar surface area (TPSA) is 55.8 Å². The summed E-state index contributed by atoms with van der Waals surface area (Å²) < 4.78 is 11.2. The first-order valence-electron chi connectivity index (χ1n) is 7.24. The van der Waals surface area contributed by atoms with Crippen molar-refractivity contribution < 1.29 is 19.4 Å². The fourth-order valence-electron chi connectivity index (χ4n) is 1.66. The van der Waals surface area contributed by atoms with Crippen LogP contribution in [0.3, 0.4) is 0 Å². The SMILES string of the molecule is C=CC(=O)OC(C)(C)C(C)COC(C)(C)C(O)CCC. The Morgan fingerprint density at radius 3 is 2.30 bits per heavy atom. The van der Waals surface area contributed by atoms with Crippen LogP contribution < -0.4 is 0 Å². The lowest BCUT2D eigenvalue weighted by molar-refractivity contribution is -0.164. The molecule has 0 saturated carbocycles. The van der Waals surface area contributed by atoms with E-state index in [1.165, 1.54) is 0 Å². The summed E-state index contributed by atoms with van der Waals surface area (Å²) in [5.74, 6) is -0.438. The average molecular weight is 286 g/mol. The van der Waals surface area contributed by atoms with E-state index >= 15 is 0 Å². The quantitative estimate of drug-likeness (QED) is 0.523. The van der Waals surface area contributed by atoms with E-state index in [2.05, 4.69) is 6.58 Å². The highest BCUT2D eigenvalue weighted by molar-refractivity contribution is 5.81. The summed E-state index contributed by atoms with van der Waals surface area (Å²) in [6, 6.07) is 0. The fourth-order valence-corrected chi connectivity index (χ4v) is 1.66. The van der Waals surface area contributed by atoms with Gasteiger partial charge >= 0.3 is 5.97 Å². The van der Waals surface area contributed by atoms with E-state index in [1.807, 2.05) is 41.5 Å². The number of aliphatic hydroxyl groups excluding tert-OH is 1. The molecule has 0 bridgehead atoms. The molecule has 0 aliphatic heterocycles. The zero-order chi connectivity index (χ0) is 16.0. The lowest BCUT2D eigenvalue weighted by Crippen LogP contribution is -2.43. The van der Waals surface area contributed by atoms with Crippen LogP contribution in [-0.2, 0) is 14.3 Å². The van der Waals surface area contributed by atoms with Crippen LogP contribution >= 0.6 is 0 Å². The van der Waals surface area contributed by atoms with E-state index in [1.54, 1.807) is 0 Å². The van der Waals surface area contributed by atoms with Crippen molar-refractivity contribution in [3.8, 4) is 0 Å². The maximum atomic E-state index is 11.3. The molecule has 4 nitrogen and oxygen atoms in total. The van der Waals surface area contributed by atoms with Crippen LogP contribution in [-0.4, -0.2) is 35.0 Å². The van der Waals surface area contributed by atoms with Crippen LogP contribution in [0, 0.1) is 5.92 Å². The molecule has 0 aromatic rings. The molecule has 0 heterocycles. The highest BCUT2D eigenvalue weighted by Gasteiger charge is 2.33. The molecule has 0 saturated heterocycles. The Kier molecular flexibility index (Phi) is 7.45. The number of hydrogen-bond donors (Lipinski definition) is 1. The van der Waals surface area contributed by atoms with Gasteiger partial charge in [0.05, 0.1) is 18.3 Å². The minimum atomic E-state index is -0.642. The normalized spacial score (nSPS) is 15.6. The van der Waals surface area contributed by atoms with Crippen LogP contribution in [0.25, 0.3) is 0 Å². The monoisotopic (exact) mass is 286 g/mol. The largest absolute Gasteiger partial charge is 0.456 e. The van der Waals surface area contributed by atoms with Crippen LogP contribution in [0.4, 0.5) is 0 Å². The number of aliphatic hydroxyl groups is 1. The summed E-state index contributed by atoms with van der Waals surface area (Å²) >= 11 is 0. The molecule has 0 amide bonds. The average Bonchev–Trinajstić information content (AvgIpc) is 2.35. The third-order valence-electron chi connectivity index (χ3n) is 3.79. The lowest BCUT2D eigenvalue weighted by Gasteiger charge is -2.36. The second-order valence-corrected chi connectivity index (χ2v) is 6.35. The van der Waals surface area contributed by atoms with Crippen molar-refractivity contribution in [3.05, 3.63) is 12.7 Å². The van der Waals surface area contributed by atoms with Crippen LogP contribution in [0.1, 0.15) is 54.4 Å². The fraction of sp³-hybridized carbons (Fsp3) is 0.812. The first-order valence-corrected chi connectivity index (χ1v) is 7.24. The van der Waals surface area contributed by atoms with Gasteiger partial charge in [0.2, 0.25) is 0 Å². The summed E-state index contributed by atoms with van der Waals surface area (Å²) in [5.41, 5.74) is -1.25. The molecule has 1 N–H and O–H groups in total. The third kappa shape index (κ3) is 6.06. The van der Waals surface area contributed by atoms with Gasteiger partial charge in [-0.3, -0.25) is 0 Å². The van der Waals surface area contributed by atoms with E-state index < -0.39 is 23.3 Å². The molecule has 2 atom stereocenters. The Balaban J connectivity index is 4.49. The lowest BCUT2D eigenvalue weighted by atomic mass is 9.92. The van der Waals surface area contributed by atoms with Crippen molar-refractivity contribution in [1.82, 2.24) is 0 Å². The van der Waals surface area contributed by atoms with E-state index in [4.69, 9.17) is 9.47 Å². The molecule has 0 aliphatic carbocycles. The van der Waals surface area contributed by atoms with Crippen molar-refractivity contribution >= 4 is 5.97 Å². The number of hydrogen-bond acceptors (Lipinski definition) is 4. The molecule has 0 aromatic carbocycles. The molecule has 0 aromatic heterocycles. The van der Waals surface area contributed by atoms with Gasteiger partial charge in [0, 0.05) is 12.0 Å². The maximum absolute atomic E-state index is 11.3. The molecule has 2 unspecified atom stereocenters. The molecule has 0 aliphatic rings. The molecule has 0 rings (SSSR count). The highest BCUT2D eigenvalue weighted by atomic mass is 16.6. The van der Waals surface area contributed by atoms with E-state index in [0.717, 1.165) is 12.5 Å². The minimum absolute atomic E-state index is 0.000462. The second kappa shape index (κ2) is 7.79. The number of carbonyl (C=O) groups is 1. The molecule has 0 fully saturated rings. The summed E-state index contributed by atoms with van der Waals surface area (Å²) in [5, 5.41) is 10.1. The molecule has 20 heavy (non-hydrogen) atoms. The number of ether oxygens (including phenoxy) is 2. The predicted molar refractivity (Wildman–Crippen MR) is 80.5 cm³/mol. The Morgan fingerprint density at radius 2 is 1.85 bits per heavy atom. The number of rotatable bonds is 9. The van der Waals surface area contributed by atoms with Crippen molar-refractivity contribution in [1.29, 1.82) is 0 Å². The van der Waals surface area contributed by atoms with Gasteiger partial charge in [-0.25, -0.2) is 4.79 Å². The molecule has 0 radical (unpaired) electrons. The highest BCUT2D eigenvalue weighted by Crippen LogP contribution is 2.26. The Morgan fingerprint density at radius 1 is 1.30 bits per heavy atom. The molecule has 118 valence electrons. The summed E-state index contributed by atoms with van der Waals surface area (Å²) in [6.07, 6.45) is 2.27. The van der Waals surface area contributed by atoms with Gasteiger partial charge in [-0.05, 0) is 34.1 Å². The van der Waals surface area contributed by atoms with E-state index in [9.17, 15) is 9.90 Å². The predicted octanol–water partition coefficient (Wildman–Crippen LogP) is 3.09. The van der Waals surface area contributed by atoms with Gasteiger partial charge in [-0.2, -0.15) is 0 Å². The minimum Gasteiger partial charge on any atom is -0.456 e. The molecular weight excluding hydrogens is 256 g/mol. The van der Waals surface area contributed by atoms with Crippen molar-refractivity contribution in [2.45, 2.75) is 71.7 Å². The van der Waals surface area contributed by atoms with Crippen molar-refractivity contribution in [2.24, 2.45) is 5.92 Å². The van der Waals surface area contributed by atoms with Crippen molar-refractivity contribution in [3.63, 3.8) is 0 Å². The van der Waals surface area contributed by atoms with Gasteiger partial charge in [0.15, 0.2) is 0 Å².